The maximum atomic E-state index is 13.4. The largest absolute Gasteiger partial charge is 0.319 e. The van der Waals surface area contributed by atoms with Crippen molar-refractivity contribution in [1.29, 1.82) is 0 Å². The third-order valence-corrected chi connectivity index (χ3v) is 2.27. The van der Waals surface area contributed by atoms with E-state index in [1.165, 1.54) is 10.7 Å². The summed E-state index contributed by atoms with van der Waals surface area (Å²) in [6.45, 7) is 0.829. The summed E-state index contributed by atoms with van der Waals surface area (Å²) in [7, 11) is 1.88. The topological polar surface area (TPSA) is 42.7 Å². The molecule has 0 bridgehead atoms. The van der Waals surface area contributed by atoms with Gasteiger partial charge in [0.25, 0.3) is 0 Å². The highest BCUT2D eigenvalue weighted by atomic mass is 19.1. The molecule has 0 aliphatic heterocycles. The monoisotopic (exact) mass is 220 g/mol. The molecule has 1 aromatic heterocycles. The molecule has 0 saturated carbocycles. The van der Waals surface area contributed by atoms with Crippen LogP contribution in [0.2, 0.25) is 0 Å². The normalized spacial score (nSPS) is 10.6. The Morgan fingerprint density at radius 3 is 2.94 bits per heavy atom. The third-order valence-electron chi connectivity index (χ3n) is 2.27. The summed E-state index contributed by atoms with van der Waals surface area (Å²) >= 11 is 0. The lowest BCUT2D eigenvalue weighted by Gasteiger charge is -2.00. The summed E-state index contributed by atoms with van der Waals surface area (Å²) in [5, 5.41) is 10.9. The van der Waals surface area contributed by atoms with Crippen molar-refractivity contribution in [2.45, 2.75) is 6.42 Å². The molecule has 0 amide bonds. The van der Waals surface area contributed by atoms with Gasteiger partial charge in [-0.05, 0) is 19.2 Å². The van der Waals surface area contributed by atoms with Crippen molar-refractivity contribution >= 4 is 0 Å². The van der Waals surface area contributed by atoms with E-state index in [2.05, 4.69) is 15.6 Å². The summed E-state index contributed by atoms with van der Waals surface area (Å²) in [6.07, 6.45) is 2.53. The average molecular weight is 220 g/mol. The lowest BCUT2D eigenvalue weighted by molar-refractivity contribution is 0.607. The van der Waals surface area contributed by atoms with Gasteiger partial charge in [-0.3, -0.25) is 0 Å². The van der Waals surface area contributed by atoms with Gasteiger partial charge in [0, 0.05) is 13.0 Å². The van der Waals surface area contributed by atoms with Crippen LogP contribution in [-0.4, -0.2) is 28.6 Å². The summed E-state index contributed by atoms with van der Waals surface area (Å²) in [5.41, 5.74) is 1.27. The first-order valence-electron chi connectivity index (χ1n) is 5.12. The number of para-hydroxylation sites is 1. The Hall–Kier alpha value is -1.75. The molecule has 0 spiro atoms. The van der Waals surface area contributed by atoms with E-state index in [9.17, 15) is 4.39 Å². The molecule has 16 heavy (non-hydrogen) atoms. The van der Waals surface area contributed by atoms with Gasteiger partial charge in [0.1, 0.15) is 11.5 Å². The quantitative estimate of drug-likeness (QED) is 0.841. The maximum absolute atomic E-state index is 13.4. The first kappa shape index (κ1) is 10.8. The van der Waals surface area contributed by atoms with Gasteiger partial charge < -0.3 is 5.32 Å². The van der Waals surface area contributed by atoms with Gasteiger partial charge in [-0.1, -0.05) is 17.3 Å². The lowest BCUT2D eigenvalue weighted by Crippen LogP contribution is -2.10. The fraction of sp³-hybridized carbons (Fsp3) is 0.273. The molecule has 0 radical (unpaired) electrons. The van der Waals surface area contributed by atoms with E-state index < -0.39 is 0 Å². The number of rotatable bonds is 4. The second kappa shape index (κ2) is 4.85. The van der Waals surface area contributed by atoms with Crippen molar-refractivity contribution in [2.24, 2.45) is 0 Å². The van der Waals surface area contributed by atoms with Crippen molar-refractivity contribution in [1.82, 2.24) is 20.3 Å². The minimum Gasteiger partial charge on any atom is -0.319 e. The molecular weight excluding hydrogens is 207 g/mol. The number of halogens is 1. The van der Waals surface area contributed by atoms with Crippen LogP contribution >= 0.6 is 0 Å². The average Bonchev–Trinajstić information content (AvgIpc) is 2.75. The summed E-state index contributed by atoms with van der Waals surface area (Å²) in [5.74, 6) is -0.299. The van der Waals surface area contributed by atoms with E-state index in [0.29, 0.717) is 5.69 Å². The molecule has 0 aliphatic rings. The van der Waals surface area contributed by atoms with Crippen LogP contribution in [0.1, 0.15) is 5.69 Å². The van der Waals surface area contributed by atoms with Crippen molar-refractivity contribution in [2.75, 3.05) is 13.6 Å². The number of nitrogens with zero attached hydrogens (tertiary/aromatic N) is 3. The van der Waals surface area contributed by atoms with Crippen LogP contribution in [0.4, 0.5) is 4.39 Å². The maximum Gasteiger partial charge on any atom is 0.148 e. The predicted octanol–water partition coefficient (Wildman–Crippen LogP) is 1.17. The highest BCUT2D eigenvalue weighted by molar-refractivity contribution is 5.32. The van der Waals surface area contributed by atoms with E-state index in [1.54, 1.807) is 24.4 Å². The Balaban J connectivity index is 2.22. The van der Waals surface area contributed by atoms with E-state index in [4.69, 9.17) is 0 Å². The second-order valence-corrected chi connectivity index (χ2v) is 3.46. The Morgan fingerprint density at radius 1 is 1.38 bits per heavy atom. The van der Waals surface area contributed by atoms with Crippen molar-refractivity contribution in [3.05, 3.63) is 42.0 Å². The van der Waals surface area contributed by atoms with Gasteiger partial charge in [0.2, 0.25) is 0 Å². The summed E-state index contributed by atoms with van der Waals surface area (Å²) in [4.78, 5) is 0. The Bertz CT molecular complexity index is 467. The van der Waals surface area contributed by atoms with Crippen LogP contribution in [0.3, 0.4) is 0 Å². The van der Waals surface area contributed by atoms with Crippen LogP contribution in [0, 0.1) is 5.82 Å². The first-order valence-corrected chi connectivity index (χ1v) is 5.12. The van der Waals surface area contributed by atoms with Crippen LogP contribution in [-0.2, 0) is 6.42 Å². The van der Waals surface area contributed by atoms with Crippen LogP contribution in [0.15, 0.2) is 30.5 Å². The first-order chi connectivity index (χ1) is 7.81. The van der Waals surface area contributed by atoms with Gasteiger partial charge >= 0.3 is 0 Å². The van der Waals surface area contributed by atoms with Gasteiger partial charge in [-0.2, -0.15) is 0 Å². The van der Waals surface area contributed by atoms with Gasteiger partial charge in [-0.25, -0.2) is 9.07 Å². The fourth-order valence-corrected chi connectivity index (χ4v) is 1.42. The number of hydrogen-bond donors (Lipinski definition) is 1. The molecule has 1 heterocycles. The Labute approximate surface area is 93.1 Å². The minimum absolute atomic E-state index is 0.299. The summed E-state index contributed by atoms with van der Waals surface area (Å²) in [6, 6.07) is 6.50. The highest BCUT2D eigenvalue weighted by Crippen LogP contribution is 2.11. The van der Waals surface area contributed by atoms with E-state index >= 15 is 0 Å². The van der Waals surface area contributed by atoms with Crippen LogP contribution < -0.4 is 5.32 Å². The summed E-state index contributed by atoms with van der Waals surface area (Å²) < 4.78 is 14.9. The van der Waals surface area contributed by atoms with Crippen molar-refractivity contribution < 1.29 is 4.39 Å². The molecule has 1 aromatic carbocycles. The Kier molecular flexibility index (Phi) is 3.26. The number of nitrogens with one attached hydrogen (secondary N) is 1. The van der Waals surface area contributed by atoms with E-state index in [0.717, 1.165) is 18.7 Å². The van der Waals surface area contributed by atoms with E-state index in [1.807, 2.05) is 7.05 Å². The molecule has 84 valence electrons. The number of hydrogen-bond acceptors (Lipinski definition) is 3. The molecule has 0 saturated heterocycles. The predicted molar refractivity (Wildman–Crippen MR) is 58.9 cm³/mol. The number of likely N-dealkylation sites (N-methyl/N-ethyl adjacent to an activating group) is 1. The molecule has 0 fully saturated rings. The smallest absolute Gasteiger partial charge is 0.148 e. The lowest BCUT2D eigenvalue weighted by atomic mass is 10.3. The van der Waals surface area contributed by atoms with Crippen molar-refractivity contribution in [3.8, 4) is 5.69 Å². The molecule has 0 atom stereocenters. The van der Waals surface area contributed by atoms with Gasteiger partial charge in [0.05, 0.1) is 11.9 Å². The zero-order valence-electron chi connectivity index (χ0n) is 9.02. The molecule has 2 rings (SSSR count). The standard InChI is InChI=1S/C11H13FN4/c1-13-7-6-9-8-16(15-14-9)11-5-3-2-4-10(11)12/h2-5,8,13H,6-7H2,1H3. The Morgan fingerprint density at radius 2 is 2.19 bits per heavy atom. The molecule has 4 nitrogen and oxygen atoms in total. The highest BCUT2D eigenvalue weighted by Gasteiger charge is 2.06. The zero-order chi connectivity index (χ0) is 11.4. The SMILES string of the molecule is CNCCc1cn(-c2ccccc2F)nn1. The fourth-order valence-electron chi connectivity index (χ4n) is 1.42. The molecule has 5 heteroatoms. The number of benzene rings is 1. The molecule has 0 aliphatic carbocycles. The molecule has 0 unspecified atom stereocenters. The molecule has 2 aromatic rings. The molecular formula is C11H13FN4. The van der Waals surface area contributed by atoms with Crippen molar-refractivity contribution in [3.63, 3.8) is 0 Å². The van der Waals surface area contributed by atoms with Crippen LogP contribution in [0.5, 0.6) is 0 Å². The third kappa shape index (κ3) is 2.25. The molecule has 1 N–H and O–H groups in total. The zero-order valence-corrected chi connectivity index (χ0v) is 9.02. The number of aromatic nitrogens is 3. The van der Waals surface area contributed by atoms with Gasteiger partial charge in [0.15, 0.2) is 0 Å². The van der Waals surface area contributed by atoms with Crippen LogP contribution in [0.25, 0.3) is 5.69 Å². The minimum atomic E-state index is -0.299. The second-order valence-electron chi connectivity index (χ2n) is 3.46. The van der Waals surface area contributed by atoms with Gasteiger partial charge in [-0.15, -0.1) is 5.10 Å². The van der Waals surface area contributed by atoms with E-state index in [-0.39, 0.29) is 5.82 Å².